The van der Waals surface area contributed by atoms with Crippen LogP contribution in [0.5, 0.6) is 0 Å². The number of pyridine rings is 1. The first-order valence-electron chi connectivity index (χ1n) is 7.96. The standard InChI is InChI=1S/C17H29N3O/c1-5-21-17(10-8-16(2,3)9-11-17)14(19-4)13-7-6-12-20-15(13)18/h6-7,12,14,19H,5,8-11H2,1-4H3,(H2,18,20). The molecule has 4 heteroatoms. The Kier molecular flexibility index (Phi) is 4.89. The van der Waals surface area contributed by atoms with Gasteiger partial charge in [0.15, 0.2) is 0 Å². The van der Waals surface area contributed by atoms with Gasteiger partial charge in [-0.15, -0.1) is 0 Å². The third-order valence-electron chi connectivity index (χ3n) is 4.88. The zero-order valence-corrected chi connectivity index (χ0v) is 13.8. The van der Waals surface area contributed by atoms with E-state index in [-0.39, 0.29) is 11.6 Å². The molecule has 2 rings (SSSR count). The summed E-state index contributed by atoms with van der Waals surface area (Å²) in [6, 6.07) is 4.09. The molecule has 4 nitrogen and oxygen atoms in total. The molecule has 1 saturated carbocycles. The molecule has 0 spiro atoms. The third-order valence-corrected chi connectivity index (χ3v) is 4.88. The second-order valence-corrected chi connectivity index (χ2v) is 6.86. The van der Waals surface area contributed by atoms with Crippen LogP contribution in [0, 0.1) is 5.41 Å². The molecular formula is C17H29N3O. The van der Waals surface area contributed by atoms with Gasteiger partial charge in [0.2, 0.25) is 0 Å². The van der Waals surface area contributed by atoms with Gasteiger partial charge in [-0.3, -0.25) is 0 Å². The number of nitrogen functional groups attached to an aromatic ring is 1. The van der Waals surface area contributed by atoms with Crippen LogP contribution in [0.2, 0.25) is 0 Å². The van der Waals surface area contributed by atoms with Gasteiger partial charge in [0.05, 0.1) is 11.6 Å². The zero-order valence-electron chi connectivity index (χ0n) is 13.8. The Balaban J connectivity index is 2.34. The monoisotopic (exact) mass is 291 g/mol. The summed E-state index contributed by atoms with van der Waals surface area (Å²) < 4.78 is 6.28. The summed E-state index contributed by atoms with van der Waals surface area (Å²) in [5, 5.41) is 3.44. The summed E-state index contributed by atoms with van der Waals surface area (Å²) in [6.45, 7) is 7.48. The molecule has 1 heterocycles. The number of anilines is 1. The summed E-state index contributed by atoms with van der Waals surface area (Å²) in [4.78, 5) is 4.24. The Morgan fingerprint density at radius 1 is 1.33 bits per heavy atom. The number of hydrogen-bond donors (Lipinski definition) is 2. The maximum atomic E-state index is 6.28. The van der Waals surface area contributed by atoms with Gasteiger partial charge >= 0.3 is 0 Å². The minimum Gasteiger partial charge on any atom is -0.383 e. The van der Waals surface area contributed by atoms with Gasteiger partial charge in [-0.1, -0.05) is 19.9 Å². The van der Waals surface area contributed by atoms with Crippen molar-refractivity contribution in [3.05, 3.63) is 23.9 Å². The normalized spacial score (nSPS) is 21.9. The third kappa shape index (κ3) is 3.38. The van der Waals surface area contributed by atoms with Crippen molar-refractivity contribution < 1.29 is 4.74 Å². The number of ether oxygens (including phenoxy) is 1. The second kappa shape index (κ2) is 6.32. The van der Waals surface area contributed by atoms with E-state index in [4.69, 9.17) is 10.5 Å². The van der Waals surface area contributed by atoms with Gasteiger partial charge < -0.3 is 15.8 Å². The topological polar surface area (TPSA) is 60.2 Å². The lowest BCUT2D eigenvalue weighted by molar-refractivity contribution is -0.106. The Morgan fingerprint density at radius 2 is 2.00 bits per heavy atom. The van der Waals surface area contributed by atoms with Crippen LogP contribution in [0.3, 0.4) is 0 Å². The number of likely N-dealkylation sites (N-methyl/N-ethyl adjacent to an activating group) is 1. The first-order valence-corrected chi connectivity index (χ1v) is 7.96. The Bertz CT molecular complexity index is 463. The van der Waals surface area contributed by atoms with E-state index >= 15 is 0 Å². The highest BCUT2D eigenvalue weighted by molar-refractivity contribution is 5.42. The van der Waals surface area contributed by atoms with Crippen LogP contribution in [0.4, 0.5) is 5.82 Å². The zero-order chi connectivity index (χ0) is 15.5. The summed E-state index contributed by atoms with van der Waals surface area (Å²) in [6.07, 6.45) is 6.18. The fourth-order valence-electron chi connectivity index (χ4n) is 3.53. The average Bonchev–Trinajstić information content (AvgIpc) is 2.45. The molecule has 0 aliphatic heterocycles. The van der Waals surface area contributed by atoms with E-state index in [1.165, 1.54) is 12.8 Å². The van der Waals surface area contributed by atoms with Crippen molar-refractivity contribution in [2.45, 2.75) is 58.1 Å². The van der Waals surface area contributed by atoms with Crippen LogP contribution in [-0.2, 0) is 4.74 Å². The van der Waals surface area contributed by atoms with Crippen LogP contribution in [0.1, 0.15) is 58.1 Å². The first kappa shape index (κ1) is 16.2. The van der Waals surface area contributed by atoms with E-state index in [0.29, 0.717) is 11.2 Å². The maximum Gasteiger partial charge on any atom is 0.128 e. The molecule has 0 amide bonds. The highest BCUT2D eigenvalue weighted by Gasteiger charge is 2.45. The Hall–Kier alpha value is -1.13. The van der Waals surface area contributed by atoms with E-state index in [9.17, 15) is 0 Å². The Morgan fingerprint density at radius 3 is 2.52 bits per heavy atom. The van der Waals surface area contributed by atoms with Crippen LogP contribution < -0.4 is 11.1 Å². The van der Waals surface area contributed by atoms with E-state index in [2.05, 4.69) is 37.1 Å². The smallest absolute Gasteiger partial charge is 0.128 e. The molecule has 21 heavy (non-hydrogen) atoms. The highest BCUT2D eigenvalue weighted by Crippen LogP contribution is 2.48. The molecule has 1 aromatic rings. The molecule has 0 radical (unpaired) electrons. The van der Waals surface area contributed by atoms with Gasteiger partial charge in [0, 0.05) is 18.4 Å². The van der Waals surface area contributed by atoms with Crippen molar-refractivity contribution in [3.8, 4) is 0 Å². The first-order chi connectivity index (χ1) is 9.94. The average molecular weight is 291 g/mol. The van der Waals surface area contributed by atoms with Crippen molar-refractivity contribution >= 4 is 5.82 Å². The fourth-order valence-corrected chi connectivity index (χ4v) is 3.53. The van der Waals surface area contributed by atoms with Crippen molar-refractivity contribution in [1.29, 1.82) is 0 Å². The van der Waals surface area contributed by atoms with Gasteiger partial charge in [-0.2, -0.15) is 0 Å². The molecule has 1 unspecified atom stereocenters. The predicted octanol–water partition coefficient (Wildman–Crippen LogP) is 3.30. The van der Waals surface area contributed by atoms with Gasteiger partial charge in [0.1, 0.15) is 5.82 Å². The fraction of sp³-hybridized carbons (Fsp3) is 0.706. The van der Waals surface area contributed by atoms with E-state index in [1.54, 1.807) is 6.20 Å². The molecular weight excluding hydrogens is 262 g/mol. The maximum absolute atomic E-state index is 6.28. The molecule has 1 fully saturated rings. The largest absolute Gasteiger partial charge is 0.383 e. The van der Waals surface area contributed by atoms with Crippen molar-refractivity contribution in [1.82, 2.24) is 10.3 Å². The predicted molar refractivity (Wildman–Crippen MR) is 87.1 cm³/mol. The minimum absolute atomic E-state index is 0.0854. The molecule has 0 saturated heterocycles. The number of aromatic nitrogens is 1. The van der Waals surface area contributed by atoms with Crippen LogP contribution >= 0.6 is 0 Å². The molecule has 3 N–H and O–H groups in total. The number of rotatable bonds is 5. The van der Waals surface area contributed by atoms with Crippen LogP contribution in [0.25, 0.3) is 0 Å². The lowest BCUT2D eigenvalue weighted by Gasteiger charge is -2.47. The van der Waals surface area contributed by atoms with Crippen molar-refractivity contribution in [2.75, 3.05) is 19.4 Å². The van der Waals surface area contributed by atoms with Gasteiger partial charge in [-0.05, 0) is 51.1 Å². The van der Waals surface area contributed by atoms with E-state index in [0.717, 1.165) is 25.0 Å². The molecule has 0 aromatic carbocycles. The minimum atomic E-state index is -0.184. The lowest BCUT2D eigenvalue weighted by Crippen LogP contribution is -2.49. The quantitative estimate of drug-likeness (QED) is 0.874. The summed E-state index contributed by atoms with van der Waals surface area (Å²) in [5.74, 6) is 0.598. The van der Waals surface area contributed by atoms with Crippen molar-refractivity contribution in [2.24, 2.45) is 5.41 Å². The molecule has 1 aromatic heterocycles. The molecule has 1 aliphatic carbocycles. The van der Waals surface area contributed by atoms with E-state index in [1.807, 2.05) is 13.1 Å². The molecule has 1 atom stereocenters. The molecule has 118 valence electrons. The SMILES string of the molecule is CCOC1(C(NC)c2cccnc2N)CCC(C)(C)CC1. The summed E-state index contributed by atoms with van der Waals surface area (Å²) in [7, 11) is 1.98. The molecule has 0 bridgehead atoms. The summed E-state index contributed by atoms with van der Waals surface area (Å²) in [5.41, 5.74) is 7.37. The number of nitrogens with two attached hydrogens (primary N) is 1. The van der Waals surface area contributed by atoms with Crippen LogP contribution in [-0.4, -0.2) is 24.2 Å². The Labute approximate surface area is 128 Å². The number of nitrogens with zero attached hydrogens (tertiary/aromatic N) is 1. The lowest BCUT2D eigenvalue weighted by atomic mass is 9.67. The van der Waals surface area contributed by atoms with Gasteiger partial charge in [-0.25, -0.2) is 4.98 Å². The second-order valence-electron chi connectivity index (χ2n) is 6.86. The van der Waals surface area contributed by atoms with E-state index < -0.39 is 0 Å². The molecule has 1 aliphatic rings. The van der Waals surface area contributed by atoms with Crippen molar-refractivity contribution in [3.63, 3.8) is 0 Å². The number of hydrogen-bond acceptors (Lipinski definition) is 4. The number of nitrogens with one attached hydrogen (secondary N) is 1. The highest BCUT2D eigenvalue weighted by atomic mass is 16.5. The summed E-state index contributed by atoms with van der Waals surface area (Å²) >= 11 is 0. The van der Waals surface area contributed by atoms with Crippen LogP contribution in [0.15, 0.2) is 18.3 Å². The van der Waals surface area contributed by atoms with Gasteiger partial charge in [0.25, 0.3) is 0 Å².